The molecule has 0 aliphatic carbocycles. The molecule has 21 heavy (non-hydrogen) atoms. The molecule has 0 fully saturated rings. The summed E-state index contributed by atoms with van der Waals surface area (Å²) < 4.78 is 19.9. The number of carbonyl (C=O) groups is 1. The number of aromatic nitrogens is 2. The lowest BCUT2D eigenvalue weighted by atomic mass is 10.3. The van der Waals surface area contributed by atoms with E-state index in [1.807, 2.05) is 6.92 Å². The molecule has 5 nitrogen and oxygen atoms in total. The Hall–Kier alpha value is -2.08. The van der Waals surface area contributed by atoms with Gasteiger partial charge in [-0.05, 0) is 25.1 Å². The van der Waals surface area contributed by atoms with Crippen LogP contribution in [-0.4, -0.2) is 22.1 Å². The van der Waals surface area contributed by atoms with Gasteiger partial charge < -0.3 is 10.5 Å². The molecule has 0 spiro atoms. The first-order valence-corrected chi connectivity index (χ1v) is 6.86. The van der Waals surface area contributed by atoms with Crippen LogP contribution in [0.4, 0.5) is 10.2 Å². The summed E-state index contributed by atoms with van der Waals surface area (Å²) in [5, 5.41) is 0.234. The Morgan fingerprint density at radius 3 is 2.71 bits per heavy atom. The second kappa shape index (κ2) is 6.13. The lowest BCUT2D eigenvalue weighted by Gasteiger charge is -2.09. The lowest BCUT2D eigenvalue weighted by Crippen LogP contribution is -2.09. The summed E-state index contributed by atoms with van der Waals surface area (Å²) in [6.45, 7) is 3.77. The summed E-state index contributed by atoms with van der Waals surface area (Å²) >= 11 is 5.86. The van der Waals surface area contributed by atoms with E-state index in [-0.39, 0.29) is 23.1 Å². The van der Waals surface area contributed by atoms with Crippen LogP contribution in [0.2, 0.25) is 5.02 Å². The van der Waals surface area contributed by atoms with E-state index in [0.29, 0.717) is 17.9 Å². The average molecular weight is 312 g/mol. The number of nitrogen functional groups attached to an aromatic ring is 1. The minimum atomic E-state index is -0.606. The Bertz CT molecular complexity index is 665. The molecule has 1 aromatic carbocycles. The number of benzene rings is 1. The zero-order valence-electron chi connectivity index (χ0n) is 11.7. The quantitative estimate of drug-likeness (QED) is 0.881. The Morgan fingerprint density at radius 2 is 2.14 bits per heavy atom. The molecule has 0 amide bonds. The van der Waals surface area contributed by atoms with Crippen molar-refractivity contribution in [3.05, 3.63) is 40.6 Å². The molecular weight excluding hydrogens is 297 g/mol. The largest absolute Gasteiger partial charge is 0.461 e. The summed E-state index contributed by atoms with van der Waals surface area (Å²) in [5.74, 6) is -0.472. The number of halogens is 2. The number of nitrogens with two attached hydrogens (primary N) is 1. The number of rotatable bonds is 4. The molecular formula is C14H15ClFN3O2. The van der Waals surface area contributed by atoms with Crippen LogP contribution >= 0.6 is 11.6 Å². The summed E-state index contributed by atoms with van der Waals surface area (Å²) in [5.41, 5.74) is 6.41. The summed E-state index contributed by atoms with van der Waals surface area (Å²) in [4.78, 5) is 16.0. The van der Waals surface area contributed by atoms with E-state index in [2.05, 4.69) is 4.98 Å². The Morgan fingerprint density at radius 1 is 1.43 bits per heavy atom. The molecule has 0 saturated carbocycles. The maximum atomic E-state index is 13.5. The average Bonchev–Trinajstić information content (AvgIpc) is 2.75. The number of anilines is 1. The highest BCUT2D eigenvalue weighted by Crippen LogP contribution is 2.25. The highest BCUT2D eigenvalue weighted by molar-refractivity contribution is 6.30. The third-order valence-electron chi connectivity index (χ3n) is 2.87. The monoisotopic (exact) mass is 311 g/mol. The molecule has 112 valence electrons. The zero-order valence-corrected chi connectivity index (χ0v) is 12.4. The first kappa shape index (κ1) is 15.3. The van der Waals surface area contributed by atoms with Gasteiger partial charge >= 0.3 is 5.97 Å². The number of nitrogens with zero attached hydrogens (tertiary/aromatic N) is 2. The lowest BCUT2D eigenvalue weighted by molar-refractivity contribution is 0.0521. The molecule has 2 N–H and O–H groups in total. The van der Waals surface area contributed by atoms with Crippen LogP contribution in [0.1, 0.15) is 30.2 Å². The maximum Gasteiger partial charge on any atom is 0.360 e. The van der Waals surface area contributed by atoms with Gasteiger partial charge in [-0.1, -0.05) is 18.5 Å². The van der Waals surface area contributed by atoms with Crippen molar-refractivity contribution in [2.24, 2.45) is 0 Å². The summed E-state index contributed by atoms with van der Waals surface area (Å²) in [7, 11) is 0. The predicted molar refractivity (Wildman–Crippen MR) is 78.3 cm³/mol. The molecule has 0 saturated heterocycles. The fraction of sp³-hybridized carbons (Fsp3) is 0.286. The van der Waals surface area contributed by atoms with Gasteiger partial charge in [0.2, 0.25) is 0 Å². The highest BCUT2D eigenvalue weighted by Gasteiger charge is 2.22. The van der Waals surface area contributed by atoms with Crippen LogP contribution in [0.25, 0.3) is 5.69 Å². The van der Waals surface area contributed by atoms with Gasteiger partial charge in [0.25, 0.3) is 0 Å². The van der Waals surface area contributed by atoms with Crippen molar-refractivity contribution in [3.63, 3.8) is 0 Å². The van der Waals surface area contributed by atoms with E-state index < -0.39 is 11.8 Å². The second-order valence-electron chi connectivity index (χ2n) is 4.30. The van der Waals surface area contributed by atoms with Gasteiger partial charge in [0.05, 0.1) is 12.3 Å². The van der Waals surface area contributed by atoms with Crippen LogP contribution in [0, 0.1) is 5.82 Å². The minimum absolute atomic E-state index is 0.0223. The van der Waals surface area contributed by atoms with Crippen molar-refractivity contribution in [1.29, 1.82) is 0 Å². The van der Waals surface area contributed by atoms with E-state index >= 15 is 0 Å². The molecule has 7 heteroatoms. The summed E-state index contributed by atoms with van der Waals surface area (Å²) in [6.07, 6.45) is 0.512. The smallest absolute Gasteiger partial charge is 0.360 e. The first-order valence-electron chi connectivity index (χ1n) is 6.48. The van der Waals surface area contributed by atoms with Crippen LogP contribution in [-0.2, 0) is 11.2 Å². The van der Waals surface area contributed by atoms with Crippen molar-refractivity contribution in [1.82, 2.24) is 9.55 Å². The Balaban J connectivity index is 2.60. The number of ether oxygens (including phenoxy) is 1. The molecule has 2 aromatic rings. The topological polar surface area (TPSA) is 70.1 Å². The molecule has 0 aliphatic heterocycles. The molecule has 1 aromatic heterocycles. The van der Waals surface area contributed by atoms with Gasteiger partial charge in [-0.25, -0.2) is 14.2 Å². The molecule has 1 heterocycles. The Kier molecular flexibility index (Phi) is 4.47. The first-order chi connectivity index (χ1) is 9.97. The van der Waals surface area contributed by atoms with Gasteiger partial charge in [0.15, 0.2) is 5.69 Å². The van der Waals surface area contributed by atoms with Gasteiger partial charge in [-0.2, -0.15) is 0 Å². The number of esters is 1. The van der Waals surface area contributed by atoms with Crippen molar-refractivity contribution in [2.45, 2.75) is 20.3 Å². The van der Waals surface area contributed by atoms with E-state index in [1.54, 1.807) is 13.0 Å². The van der Waals surface area contributed by atoms with Crippen LogP contribution in [0.15, 0.2) is 18.2 Å². The fourth-order valence-corrected chi connectivity index (χ4v) is 2.24. The SMILES string of the molecule is CCOC(=O)c1nc(CC)n(-c2cc(F)cc(Cl)c2)c1N. The van der Waals surface area contributed by atoms with E-state index in [0.717, 1.165) is 0 Å². The third-order valence-corrected chi connectivity index (χ3v) is 3.09. The number of imidazole rings is 1. The zero-order chi connectivity index (χ0) is 15.6. The standard InChI is InChI=1S/C14H15ClFN3O2/c1-3-11-18-12(14(20)21-4-2)13(17)19(11)10-6-8(15)5-9(16)7-10/h5-7H,3-4,17H2,1-2H3. The third kappa shape index (κ3) is 3.00. The van der Waals surface area contributed by atoms with Crippen molar-refractivity contribution in [3.8, 4) is 5.69 Å². The van der Waals surface area contributed by atoms with Gasteiger partial charge in [0, 0.05) is 11.4 Å². The maximum absolute atomic E-state index is 13.5. The van der Waals surface area contributed by atoms with Crippen molar-refractivity contribution >= 4 is 23.4 Å². The second-order valence-corrected chi connectivity index (χ2v) is 4.74. The molecule has 2 rings (SSSR count). The number of carbonyl (C=O) groups excluding carboxylic acids is 1. The molecule has 0 radical (unpaired) electrons. The van der Waals surface area contributed by atoms with Crippen molar-refractivity contribution in [2.75, 3.05) is 12.3 Å². The number of hydrogen-bond donors (Lipinski definition) is 1. The molecule has 0 bridgehead atoms. The van der Waals surface area contributed by atoms with E-state index in [9.17, 15) is 9.18 Å². The summed E-state index contributed by atoms with van der Waals surface area (Å²) in [6, 6.07) is 4.02. The minimum Gasteiger partial charge on any atom is -0.461 e. The predicted octanol–water partition coefficient (Wildman–Crippen LogP) is 2.99. The van der Waals surface area contributed by atoms with E-state index in [4.69, 9.17) is 22.1 Å². The molecule has 0 unspecified atom stereocenters. The van der Waals surface area contributed by atoms with E-state index in [1.165, 1.54) is 16.7 Å². The molecule has 0 aliphatic rings. The van der Waals surface area contributed by atoms with Crippen molar-refractivity contribution < 1.29 is 13.9 Å². The van der Waals surface area contributed by atoms with Crippen LogP contribution in [0.3, 0.4) is 0 Å². The molecule has 0 atom stereocenters. The highest BCUT2D eigenvalue weighted by atomic mass is 35.5. The van der Waals surface area contributed by atoms with Crippen LogP contribution < -0.4 is 5.73 Å². The van der Waals surface area contributed by atoms with Gasteiger partial charge in [-0.3, -0.25) is 4.57 Å². The normalized spacial score (nSPS) is 10.7. The number of aryl methyl sites for hydroxylation is 1. The van der Waals surface area contributed by atoms with Gasteiger partial charge in [0.1, 0.15) is 17.5 Å². The van der Waals surface area contributed by atoms with Crippen LogP contribution in [0.5, 0.6) is 0 Å². The van der Waals surface area contributed by atoms with Gasteiger partial charge in [-0.15, -0.1) is 0 Å². The fourth-order valence-electron chi connectivity index (χ4n) is 2.02. The Labute approximate surface area is 126 Å². The number of hydrogen-bond acceptors (Lipinski definition) is 4.